The Bertz CT molecular complexity index is 243. The maximum Gasteiger partial charge on any atom is 0.149 e. The predicted molar refractivity (Wildman–Crippen MR) is 57.6 cm³/mol. The van der Waals surface area contributed by atoms with Crippen LogP contribution in [0.5, 0.6) is 0 Å². The van der Waals surface area contributed by atoms with E-state index in [-0.39, 0.29) is 42.9 Å². The highest BCUT2D eigenvalue weighted by Crippen LogP contribution is 1.98. The summed E-state index contributed by atoms with van der Waals surface area (Å²) < 4.78 is 0. The Balaban J connectivity index is 4.29. The number of hydrogen-bond acceptors (Lipinski definition) is 4. The first-order chi connectivity index (χ1) is 6.82. The van der Waals surface area contributed by atoms with Crippen molar-refractivity contribution in [3.8, 4) is 0 Å². The van der Waals surface area contributed by atoms with E-state index in [0.29, 0.717) is 0 Å². The summed E-state index contributed by atoms with van der Waals surface area (Å²) in [6, 6.07) is 0. The van der Waals surface area contributed by atoms with E-state index in [1.807, 2.05) is 13.8 Å². The van der Waals surface area contributed by atoms with E-state index in [9.17, 15) is 14.4 Å². The number of rotatable bonds is 7. The molecule has 0 heterocycles. The highest BCUT2D eigenvalue weighted by molar-refractivity contribution is 5.85. The van der Waals surface area contributed by atoms with Crippen molar-refractivity contribution >= 4 is 17.3 Å². The Hall–Kier alpha value is -1.03. The first-order valence-corrected chi connectivity index (χ1v) is 5.07. The van der Waals surface area contributed by atoms with Crippen LogP contribution in [0.2, 0.25) is 0 Å². The van der Waals surface area contributed by atoms with E-state index in [1.165, 1.54) is 13.8 Å². The van der Waals surface area contributed by atoms with Crippen molar-refractivity contribution in [3.63, 3.8) is 0 Å². The zero-order chi connectivity index (χ0) is 12.0. The number of carbonyl (C=O) groups excluding carboxylic acids is 3. The molecule has 0 saturated carbocycles. The highest BCUT2D eigenvalue weighted by Gasteiger charge is 2.16. The zero-order valence-electron chi connectivity index (χ0n) is 9.87. The van der Waals surface area contributed by atoms with Gasteiger partial charge in [0.1, 0.15) is 17.3 Å². The van der Waals surface area contributed by atoms with Crippen LogP contribution in [0.4, 0.5) is 0 Å². The van der Waals surface area contributed by atoms with E-state index in [0.717, 1.165) is 0 Å². The van der Waals surface area contributed by atoms with Crippen molar-refractivity contribution in [2.75, 3.05) is 19.6 Å². The van der Waals surface area contributed by atoms with Crippen LogP contribution in [-0.2, 0) is 14.4 Å². The first kappa shape index (κ1) is 14.0. The lowest BCUT2D eigenvalue weighted by Crippen LogP contribution is -2.38. The van der Waals surface area contributed by atoms with Crippen LogP contribution < -0.4 is 0 Å². The molecule has 4 heteroatoms. The van der Waals surface area contributed by atoms with Crippen molar-refractivity contribution in [2.45, 2.75) is 27.7 Å². The van der Waals surface area contributed by atoms with Crippen molar-refractivity contribution in [3.05, 3.63) is 0 Å². The lowest BCUT2D eigenvalue weighted by atomic mass is 10.1. The molecule has 0 atom stereocenters. The van der Waals surface area contributed by atoms with Gasteiger partial charge in [0.15, 0.2) is 0 Å². The molecule has 0 spiro atoms. The molecule has 0 aliphatic carbocycles. The van der Waals surface area contributed by atoms with Gasteiger partial charge in [-0.25, -0.2) is 0 Å². The summed E-state index contributed by atoms with van der Waals surface area (Å²) in [7, 11) is 0. The Morgan fingerprint density at radius 2 is 1.33 bits per heavy atom. The number of hydrogen-bond donors (Lipinski definition) is 0. The lowest BCUT2D eigenvalue weighted by Gasteiger charge is -2.19. The SMILES string of the molecule is CC(=O)CN(CC(C)=O)CC(=O)C(C)C. The number of Topliss-reactive ketones (excluding diaryl/α,β-unsaturated/α-hetero) is 3. The third-order valence-electron chi connectivity index (χ3n) is 1.92. The molecular formula is C11H19NO3. The summed E-state index contributed by atoms with van der Waals surface area (Å²) in [5, 5.41) is 0. The van der Waals surface area contributed by atoms with Gasteiger partial charge in [-0.2, -0.15) is 0 Å². The molecule has 15 heavy (non-hydrogen) atoms. The zero-order valence-corrected chi connectivity index (χ0v) is 9.87. The summed E-state index contributed by atoms with van der Waals surface area (Å²) in [5.41, 5.74) is 0. The molecule has 0 aromatic heterocycles. The van der Waals surface area contributed by atoms with Crippen molar-refractivity contribution < 1.29 is 14.4 Å². The predicted octanol–water partition coefficient (Wildman–Crippen LogP) is 0.691. The Labute approximate surface area is 90.6 Å². The molecule has 0 amide bonds. The second kappa shape index (κ2) is 6.45. The molecule has 0 aromatic carbocycles. The topological polar surface area (TPSA) is 54.5 Å². The normalized spacial score (nSPS) is 10.8. The minimum absolute atomic E-state index is 0.0344. The van der Waals surface area contributed by atoms with Gasteiger partial charge < -0.3 is 0 Å². The van der Waals surface area contributed by atoms with E-state index in [1.54, 1.807) is 4.90 Å². The van der Waals surface area contributed by atoms with Crippen LogP contribution in [0.3, 0.4) is 0 Å². The highest BCUT2D eigenvalue weighted by atomic mass is 16.1. The summed E-state index contributed by atoms with van der Waals surface area (Å²) in [5.74, 6) is -0.0791. The second-order valence-electron chi connectivity index (χ2n) is 4.17. The third-order valence-corrected chi connectivity index (χ3v) is 1.92. The molecular weight excluding hydrogens is 194 g/mol. The van der Waals surface area contributed by atoms with Gasteiger partial charge in [-0.05, 0) is 13.8 Å². The van der Waals surface area contributed by atoms with Crippen molar-refractivity contribution in [1.82, 2.24) is 4.90 Å². The molecule has 0 bridgehead atoms. The molecule has 0 unspecified atom stereocenters. The first-order valence-electron chi connectivity index (χ1n) is 5.07. The molecule has 0 fully saturated rings. The summed E-state index contributed by atoms with van der Waals surface area (Å²) >= 11 is 0. The number of nitrogens with zero attached hydrogens (tertiary/aromatic N) is 1. The Morgan fingerprint density at radius 3 is 1.60 bits per heavy atom. The van der Waals surface area contributed by atoms with Crippen LogP contribution in [0.1, 0.15) is 27.7 Å². The summed E-state index contributed by atoms with van der Waals surface area (Å²) in [4.78, 5) is 34.9. The molecule has 0 radical (unpaired) electrons. The molecule has 4 nitrogen and oxygen atoms in total. The largest absolute Gasteiger partial charge is 0.299 e. The molecule has 0 aliphatic rings. The molecule has 0 aromatic rings. The number of carbonyl (C=O) groups is 3. The minimum Gasteiger partial charge on any atom is -0.299 e. The Kier molecular flexibility index (Phi) is 6.01. The smallest absolute Gasteiger partial charge is 0.149 e. The van der Waals surface area contributed by atoms with Gasteiger partial charge in [-0.1, -0.05) is 13.8 Å². The van der Waals surface area contributed by atoms with Crippen LogP contribution in [0.15, 0.2) is 0 Å². The maximum absolute atomic E-state index is 11.5. The van der Waals surface area contributed by atoms with Crippen molar-refractivity contribution in [2.24, 2.45) is 5.92 Å². The average Bonchev–Trinajstić information content (AvgIpc) is 2.00. The minimum atomic E-state index is -0.0635. The molecule has 86 valence electrons. The summed E-state index contributed by atoms with van der Waals surface area (Å²) in [6.07, 6.45) is 0. The van der Waals surface area contributed by atoms with Crippen LogP contribution >= 0.6 is 0 Å². The van der Waals surface area contributed by atoms with Gasteiger partial charge >= 0.3 is 0 Å². The van der Waals surface area contributed by atoms with Gasteiger partial charge in [0, 0.05) is 5.92 Å². The van der Waals surface area contributed by atoms with Gasteiger partial charge in [0.05, 0.1) is 19.6 Å². The summed E-state index contributed by atoms with van der Waals surface area (Å²) in [6.45, 7) is 7.02. The lowest BCUT2D eigenvalue weighted by molar-refractivity contribution is -0.125. The van der Waals surface area contributed by atoms with Crippen LogP contribution in [0.25, 0.3) is 0 Å². The average molecular weight is 213 g/mol. The fourth-order valence-electron chi connectivity index (χ4n) is 1.20. The van der Waals surface area contributed by atoms with Gasteiger partial charge in [0.2, 0.25) is 0 Å². The monoisotopic (exact) mass is 213 g/mol. The van der Waals surface area contributed by atoms with Crippen LogP contribution in [-0.4, -0.2) is 41.9 Å². The van der Waals surface area contributed by atoms with Crippen molar-refractivity contribution in [1.29, 1.82) is 0 Å². The van der Waals surface area contributed by atoms with E-state index < -0.39 is 0 Å². The fourth-order valence-corrected chi connectivity index (χ4v) is 1.20. The van der Waals surface area contributed by atoms with E-state index in [4.69, 9.17) is 0 Å². The van der Waals surface area contributed by atoms with Gasteiger partial charge in [0.25, 0.3) is 0 Å². The van der Waals surface area contributed by atoms with Gasteiger partial charge in [-0.3, -0.25) is 19.3 Å². The van der Waals surface area contributed by atoms with Gasteiger partial charge in [-0.15, -0.1) is 0 Å². The number of ketones is 3. The Morgan fingerprint density at radius 1 is 0.933 bits per heavy atom. The molecule has 0 saturated heterocycles. The van der Waals surface area contributed by atoms with E-state index in [2.05, 4.69) is 0 Å². The van der Waals surface area contributed by atoms with Crippen LogP contribution in [0, 0.1) is 5.92 Å². The molecule has 0 rings (SSSR count). The third kappa shape index (κ3) is 6.96. The van der Waals surface area contributed by atoms with E-state index >= 15 is 0 Å². The quantitative estimate of drug-likeness (QED) is 0.624. The second-order valence-corrected chi connectivity index (χ2v) is 4.17. The maximum atomic E-state index is 11.5. The molecule has 0 aliphatic heterocycles. The molecule has 0 N–H and O–H groups in total. The fraction of sp³-hybridized carbons (Fsp3) is 0.727. The standard InChI is InChI=1S/C11H19NO3/c1-8(2)11(15)7-12(5-9(3)13)6-10(4)14/h8H,5-7H2,1-4H3.